The number of aryl methyl sites for hydroxylation is 1. The van der Waals surface area contributed by atoms with Crippen molar-refractivity contribution in [2.45, 2.75) is 31.6 Å². The van der Waals surface area contributed by atoms with Crippen LogP contribution in [0, 0.1) is 6.92 Å². The number of benzene rings is 1. The normalized spacial score (nSPS) is 11.3. The Morgan fingerprint density at radius 1 is 1.16 bits per heavy atom. The second kappa shape index (κ2) is 10.3. The Hall–Kier alpha value is -1.70. The Kier molecular flexibility index (Phi) is 9.62. The van der Waals surface area contributed by atoms with Gasteiger partial charge in [-0.25, -0.2) is 13.2 Å². The van der Waals surface area contributed by atoms with E-state index in [9.17, 15) is 17.8 Å². The largest absolute Gasteiger partial charge is 0.744 e. The Balaban J connectivity index is 0.000000472. The molecule has 0 radical (unpaired) electrons. The number of nitrogens with zero attached hydrogens (tertiary/aromatic N) is 1. The summed E-state index contributed by atoms with van der Waals surface area (Å²) in [6.07, 6.45) is 2.00. The molecule has 0 N–H and O–H groups in total. The number of ether oxygens (including phenoxy) is 1. The van der Waals surface area contributed by atoms with Gasteiger partial charge in [0, 0.05) is 5.57 Å². The molecule has 0 amide bonds. The predicted molar refractivity (Wildman–Crippen MR) is 97.0 cm³/mol. The van der Waals surface area contributed by atoms with Crippen molar-refractivity contribution in [3.8, 4) is 0 Å². The molecule has 25 heavy (non-hydrogen) atoms. The van der Waals surface area contributed by atoms with E-state index in [0.717, 1.165) is 29.4 Å². The SMILES string of the molecule is C=C(C)C(=O)OCCCC[N+](C)(C)C.Cc1ccc(S(=O)(=O)[O-])cc1. The molecule has 0 aliphatic carbocycles. The predicted octanol–water partition coefficient (Wildman–Crippen LogP) is 2.49. The summed E-state index contributed by atoms with van der Waals surface area (Å²) in [7, 11) is 2.19. The van der Waals surface area contributed by atoms with Crippen molar-refractivity contribution in [1.29, 1.82) is 0 Å². The van der Waals surface area contributed by atoms with Crippen LogP contribution in [0.1, 0.15) is 25.3 Å². The second-order valence-electron chi connectivity index (χ2n) is 6.90. The van der Waals surface area contributed by atoms with E-state index in [1.165, 1.54) is 12.1 Å². The zero-order valence-corrected chi connectivity index (χ0v) is 16.6. The Morgan fingerprint density at radius 2 is 1.68 bits per heavy atom. The van der Waals surface area contributed by atoms with Gasteiger partial charge in [0.25, 0.3) is 0 Å². The molecule has 0 saturated carbocycles. The lowest BCUT2D eigenvalue weighted by Gasteiger charge is -2.23. The number of carbonyl (C=O) groups excluding carboxylic acids is 1. The van der Waals surface area contributed by atoms with Gasteiger partial charge < -0.3 is 13.8 Å². The van der Waals surface area contributed by atoms with E-state index in [1.54, 1.807) is 19.1 Å². The summed E-state index contributed by atoms with van der Waals surface area (Å²) in [6.45, 7) is 8.60. The molecule has 0 saturated heterocycles. The van der Waals surface area contributed by atoms with Crippen LogP contribution < -0.4 is 0 Å². The number of hydrogen-bond acceptors (Lipinski definition) is 5. The van der Waals surface area contributed by atoms with Crippen LogP contribution in [0.5, 0.6) is 0 Å². The van der Waals surface area contributed by atoms with Gasteiger partial charge in [0.05, 0.1) is 39.2 Å². The number of hydrogen-bond donors (Lipinski definition) is 0. The lowest BCUT2D eigenvalue weighted by atomic mass is 10.2. The molecule has 0 aromatic heterocycles. The maximum atomic E-state index is 11.0. The minimum Gasteiger partial charge on any atom is -0.744 e. The molecular formula is C18H29NO5S. The summed E-state index contributed by atoms with van der Waals surface area (Å²) in [6, 6.07) is 5.78. The zero-order valence-electron chi connectivity index (χ0n) is 15.7. The molecule has 142 valence electrons. The van der Waals surface area contributed by atoms with Crippen molar-refractivity contribution < 1.29 is 27.0 Å². The van der Waals surface area contributed by atoms with E-state index in [0.29, 0.717) is 12.2 Å². The molecule has 1 aromatic carbocycles. The van der Waals surface area contributed by atoms with Gasteiger partial charge in [0.2, 0.25) is 0 Å². The number of carbonyl (C=O) groups is 1. The second-order valence-corrected chi connectivity index (χ2v) is 8.28. The van der Waals surface area contributed by atoms with E-state index in [4.69, 9.17) is 4.74 Å². The van der Waals surface area contributed by atoms with E-state index in [2.05, 4.69) is 27.7 Å². The molecule has 0 aliphatic rings. The van der Waals surface area contributed by atoms with E-state index in [-0.39, 0.29) is 10.9 Å². The van der Waals surface area contributed by atoms with Gasteiger partial charge >= 0.3 is 5.97 Å². The summed E-state index contributed by atoms with van der Waals surface area (Å²) in [5.41, 5.74) is 1.40. The Bertz CT molecular complexity index is 658. The van der Waals surface area contributed by atoms with Crippen LogP contribution in [-0.4, -0.2) is 57.7 Å². The molecule has 0 spiro atoms. The third-order valence-electron chi connectivity index (χ3n) is 3.11. The standard InChI is InChI=1S/C11H22NO2.C7H8O3S/c1-10(2)11(13)14-9-7-6-8-12(3,4)5;1-6-2-4-7(5-3-6)11(8,9)10/h1,6-9H2,2-5H3;2-5H,1H3,(H,8,9,10)/q+1;/p-1. The van der Waals surface area contributed by atoms with Crippen molar-refractivity contribution in [2.24, 2.45) is 0 Å². The zero-order chi connectivity index (χ0) is 19.7. The first-order valence-electron chi connectivity index (χ1n) is 7.98. The minimum atomic E-state index is -4.27. The molecule has 0 unspecified atom stereocenters. The molecule has 0 atom stereocenters. The van der Waals surface area contributed by atoms with Crippen LogP contribution in [0.3, 0.4) is 0 Å². The molecule has 0 bridgehead atoms. The summed E-state index contributed by atoms with van der Waals surface area (Å²) >= 11 is 0. The van der Waals surface area contributed by atoms with Crippen molar-refractivity contribution in [3.63, 3.8) is 0 Å². The molecule has 0 aliphatic heterocycles. The fraction of sp³-hybridized carbons (Fsp3) is 0.500. The number of quaternary nitrogens is 1. The first kappa shape index (κ1) is 23.3. The number of unbranched alkanes of at least 4 members (excludes halogenated alkanes) is 1. The Labute approximate surface area is 151 Å². The van der Waals surface area contributed by atoms with Gasteiger partial charge in [0.1, 0.15) is 10.1 Å². The summed E-state index contributed by atoms with van der Waals surface area (Å²) < 4.78 is 37.1. The maximum absolute atomic E-state index is 11.0. The van der Waals surface area contributed by atoms with Gasteiger partial charge in [-0.3, -0.25) is 0 Å². The van der Waals surface area contributed by atoms with Crippen LogP contribution >= 0.6 is 0 Å². The third kappa shape index (κ3) is 12.3. The average molecular weight is 371 g/mol. The van der Waals surface area contributed by atoms with Crippen molar-refractivity contribution in [3.05, 3.63) is 42.0 Å². The fourth-order valence-corrected chi connectivity index (χ4v) is 2.15. The molecule has 6 nitrogen and oxygen atoms in total. The highest BCUT2D eigenvalue weighted by atomic mass is 32.2. The number of esters is 1. The fourth-order valence-electron chi connectivity index (χ4n) is 1.68. The quantitative estimate of drug-likeness (QED) is 0.242. The molecule has 0 heterocycles. The lowest BCUT2D eigenvalue weighted by molar-refractivity contribution is -0.870. The highest BCUT2D eigenvalue weighted by molar-refractivity contribution is 7.85. The van der Waals surface area contributed by atoms with Crippen LogP contribution in [0.25, 0.3) is 0 Å². The van der Waals surface area contributed by atoms with E-state index in [1.807, 2.05) is 6.92 Å². The molecule has 7 heteroatoms. The summed E-state index contributed by atoms with van der Waals surface area (Å²) in [5.74, 6) is -0.282. The number of rotatable bonds is 7. The minimum absolute atomic E-state index is 0.178. The van der Waals surface area contributed by atoms with Crippen LogP contribution in [0.15, 0.2) is 41.3 Å². The smallest absolute Gasteiger partial charge is 0.333 e. The van der Waals surface area contributed by atoms with Crippen molar-refractivity contribution in [2.75, 3.05) is 34.3 Å². The summed E-state index contributed by atoms with van der Waals surface area (Å²) in [4.78, 5) is 10.8. The van der Waals surface area contributed by atoms with E-state index < -0.39 is 10.1 Å². The third-order valence-corrected chi connectivity index (χ3v) is 3.96. The Morgan fingerprint density at radius 3 is 2.08 bits per heavy atom. The van der Waals surface area contributed by atoms with Crippen LogP contribution in [0.4, 0.5) is 0 Å². The van der Waals surface area contributed by atoms with Crippen LogP contribution in [0.2, 0.25) is 0 Å². The van der Waals surface area contributed by atoms with Gasteiger partial charge in [-0.15, -0.1) is 0 Å². The average Bonchev–Trinajstić information content (AvgIpc) is 2.45. The van der Waals surface area contributed by atoms with Crippen molar-refractivity contribution >= 4 is 16.1 Å². The summed E-state index contributed by atoms with van der Waals surface area (Å²) in [5, 5.41) is 0. The highest BCUT2D eigenvalue weighted by Crippen LogP contribution is 2.08. The highest BCUT2D eigenvalue weighted by Gasteiger charge is 2.06. The van der Waals surface area contributed by atoms with Crippen molar-refractivity contribution in [1.82, 2.24) is 0 Å². The molecule has 0 fully saturated rings. The monoisotopic (exact) mass is 371 g/mol. The van der Waals surface area contributed by atoms with E-state index >= 15 is 0 Å². The maximum Gasteiger partial charge on any atom is 0.333 e. The molecule has 1 rings (SSSR count). The topological polar surface area (TPSA) is 83.5 Å². The van der Waals surface area contributed by atoms with Crippen LogP contribution in [-0.2, 0) is 19.6 Å². The van der Waals surface area contributed by atoms with Gasteiger partial charge in [-0.05, 0) is 38.8 Å². The lowest BCUT2D eigenvalue weighted by Crippen LogP contribution is -2.35. The van der Waals surface area contributed by atoms with Gasteiger partial charge in [-0.1, -0.05) is 24.3 Å². The molecule has 1 aromatic rings. The van der Waals surface area contributed by atoms with Gasteiger partial charge in [0.15, 0.2) is 0 Å². The molecular weight excluding hydrogens is 342 g/mol. The van der Waals surface area contributed by atoms with Gasteiger partial charge in [-0.2, -0.15) is 0 Å². The first-order chi connectivity index (χ1) is 11.3. The first-order valence-corrected chi connectivity index (χ1v) is 9.39.